The van der Waals surface area contributed by atoms with Crippen LogP contribution in [0.15, 0.2) is 23.5 Å². The van der Waals surface area contributed by atoms with E-state index < -0.39 is 0 Å². The normalized spacial score (nSPS) is 14.4. The van der Waals surface area contributed by atoms with Gasteiger partial charge in [-0.05, 0) is 0 Å². The van der Waals surface area contributed by atoms with Crippen LogP contribution in [0.2, 0.25) is 0 Å². The standard InChI is InChI=1S/C11H13N5O2/c1-18-9-10(13-7-14-11(9)17)16-5-4-15-3-2-12-8(15)6-16/h2-3,7H,4-6H2,1H3,(H,13,14,17). The van der Waals surface area contributed by atoms with Gasteiger partial charge in [0.25, 0.3) is 5.56 Å². The molecule has 0 aliphatic carbocycles. The van der Waals surface area contributed by atoms with Crippen molar-refractivity contribution in [3.63, 3.8) is 0 Å². The third kappa shape index (κ3) is 1.64. The Kier molecular flexibility index (Phi) is 2.51. The quantitative estimate of drug-likeness (QED) is 0.808. The van der Waals surface area contributed by atoms with Gasteiger partial charge in [0.1, 0.15) is 5.82 Å². The molecule has 0 aromatic carbocycles. The topological polar surface area (TPSA) is 76.0 Å². The number of methoxy groups -OCH3 is 1. The predicted molar refractivity (Wildman–Crippen MR) is 64.7 cm³/mol. The lowest BCUT2D eigenvalue weighted by Crippen LogP contribution is -2.35. The first-order chi connectivity index (χ1) is 8.79. The molecule has 3 rings (SSSR count). The second-order valence-corrected chi connectivity index (χ2v) is 4.05. The zero-order chi connectivity index (χ0) is 12.5. The summed E-state index contributed by atoms with van der Waals surface area (Å²) in [5.74, 6) is 1.78. The Hall–Kier alpha value is -2.31. The number of hydrogen-bond donors (Lipinski definition) is 1. The summed E-state index contributed by atoms with van der Waals surface area (Å²) in [6.45, 7) is 2.23. The number of fused-ring (bicyclic) bond motifs is 1. The van der Waals surface area contributed by atoms with Crippen LogP contribution in [-0.4, -0.2) is 33.2 Å². The highest BCUT2D eigenvalue weighted by atomic mass is 16.5. The van der Waals surface area contributed by atoms with Crippen LogP contribution >= 0.6 is 0 Å². The molecule has 18 heavy (non-hydrogen) atoms. The Balaban J connectivity index is 1.98. The molecule has 7 nitrogen and oxygen atoms in total. The van der Waals surface area contributed by atoms with E-state index in [-0.39, 0.29) is 11.3 Å². The summed E-state index contributed by atoms with van der Waals surface area (Å²) in [5, 5.41) is 0. The average Bonchev–Trinajstić information content (AvgIpc) is 2.85. The van der Waals surface area contributed by atoms with Crippen molar-refractivity contribution in [3.05, 3.63) is 34.9 Å². The fourth-order valence-corrected chi connectivity index (χ4v) is 2.14. The molecule has 7 heteroatoms. The number of hydrogen-bond acceptors (Lipinski definition) is 5. The monoisotopic (exact) mass is 247 g/mol. The van der Waals surface area contributed by atoms with Crippen LogP contribution in [0.3, 0.4) is 0 Å². The van der Waals surface area contributed by atoms with E-state index in [2.05, 4.69) is 19.5 Å². The zero-order valence-electron chi connectivity index (χ0n) is 9.96. The number of nitrogens with one attached hydrogen (secondary N) is 1. The Labute approximate surface area is 103 Å². The number of imidazole rings is 1. The van der Waals surface area contributed by atoms with E-state index in [1.165, 1.54) is 13.4 Å². The first kappa shape index (κ1) is 10.8. The Morgan fingerprint density at radius 2 is 2.28 bits per heavy atom. The van der Waals surface area contributed by atoms with E-state index in [1.807, 2.05) is 11.1 Å². The lowest BCUT2D eigenvalue weighted by molar-refractivity contribution is 0.403. The van der Waals surface area contributed by atoms with Crippen molar-refractivity contribution in [1.29, 1.82) is 0 Å². The molecule has 0 saturated heterocycles. The van der Waals surface area contributed by atoms with Crippen molar-refractivity contribution in [2.45, 2.75) is 13.1 Å². The first-order valence-electron chi connectivity index (χ1n) is 5.66. The van der Waals surface area contributed by atoms with Gasteiger partial charge in [0.2, 0.25) is 5.75 Å². The third-order valence-corrected chi connectivity index (χ3v) is 3.04. The number of rotatable bonds is 2. The Bertz CT molecular complexity index is 618. The summed E-state index contributed by atoms with van der Waals surface area (Å²) in [4.78, 5) is 24.6. The van der Waals surface area contributed by atoms with Crippen molar-refractivity contribution in [3.8, 4) is 5.75 Å². The number of H-pyrrole nitrogens is 1. The average molecular weight is 247 g/mol. The minimum Gasteiger partial charge on any atom is -0.489 e. The first-order valence-corrected chi connectivity index (χ1v) is 5.66. The zero-order valence-corrected chi connectivity index (χ0v) is 9.96. The Morgan fingerprint density at radius 3 is 3.11 bits per heavy atom. The molecule has 0 radical (unpaired) electrons. The van der Waals surface area contributed by atoms with Gasteiger partial charge in [-0.1, -0.05) is 0 Å². The molecule has 2 aromatic rings. The molecular formula is C11H13N5O2. The largest absolute Gasteiger partial charge is 0.489 e. The molecule has 0 atom stereocenters. The van der Waals surface area contributed by atoms with Crippen molar-refractivity contribution >= 4 is 5.82 Å². The highest BCUT2D eigenvalue weighted by Crippen LogP contribution is 2.24. The van der Waals surface area contributed by atoms with Crippen molar-refractivity contribution in [2.24, 2.45) is 0 Å². The molecule has 2 aromatic heterocycles. The highest BCUT2D eigenvalue weighted by molar-refractivity contribution is 5.51. The lowest BCUT2D eigenvalue weighted by Gasteiger charge is -2.29. The van der Waals surface area contributed by atoms with Gasteiger partial charge in [0.15, 0.2) is 5.82 Å². The van der Waals surface area contributed by atoms with Gasteiger partial charge >= 0.3 is 0 Å². The van der Waals surface area contributed by atoms with Crippen LogP contribution < -0.4 is 15.2 Å². The van der Waals surface area contributed by atoms with Crippen LogP contribution in [0.4, 0.5) is 5.82 Å². The number of ether oxygens (including phenoxy) is 1. The molecule has 1 N–H and O–H groups in total. The second-order valence-electron chi connectivity index (χ2n) is 4.05. The SMILES string of the molecule is COc1c(N2CCn3ccnc3C2)nc[nH]c1=O. The van der Waals surface area contributed by atoms with E-state index in [1.54, 1.807) is 6.20 Å². The van der Waals surface area contributed by atoms with Crippen LogP contribution in [0.1, 0.15) is 5.82 Å². The van der Waals surface area contributed by atoms with Gasteiger partial charge < -0.3 is 19.2 Å². The van der Waals surface area contributed by atoms with Gasteiger partial charge in [0.05, 0.1) is 20.0 Å². The number of aromatic amines is 1. The summed E-state index contributed by atoms with van der Waals surface area (Å²) in [5.41, 5.74) is -0.267. The summed E-state index contributed by atoms with van der Waals surface area (Å²) in [6.07, 6.45) is 5.12. The molecule has 3 heterocycles. The maximum absolute atomic E-state index is 11.6. The summed E-state index contributed by atoms with van der Waals surface area (Å²) in [6, 6.07) is 0. The van der Waals surface area contributed by atoms with E-state index in [0.29, 0.717) is 12.4 Å². The van der Waals surface area contributed by atoms with Crippen molar-refractivity contribution in [2.75, 3.05) is 18.6 Å². The fraction of sp³-hybridized carbons (Fsp3) is 0.364. The molecule has 94 valence electrons. The molecule has 1 aliphatic heterocycles. The smallest absolute Gasteiger partial charge is 0.295 e. The van der Waals surface area contributed by atoms with Gasteiger partial charge in [-0.25, -0.2) is 9.97 Å². The van der Waals surface area contributed by atoms with Crippen LogP contribution in [-0.2, 0) is 13.1 Å². The van der Waals surface area contributed by atoms with E-state index in [4.69, 9.17) is 4.74 Å². The van der Waals surface area contributed by atoms with Crippen LogP contribution in [0.25, 0.3) is 0 Å². The molecule has 0 fully saturated rings. The van der Waals surface area contributed by atoms with Gasteiger partial charge in [-0.15, -0.1) is 0 Å². The van der Waals surface area contributed by atoms with Crippen LogP contribution in [0, 0.1) is 0 Å². The molecular weight excluding hydrogens is 234 g/mol. The predicted octanol–water partition coefficient (Wildman–Crippen LogP) is -0.00480. The van der Waals surface area contributed by atoms with Crippen molar-refractivity contribution < 1.29 is 4.74 Å². The van der Waals surface area contributed by atoms with E-state index >= 15 is 0 Å². The molecule has 0 amide bonds. The van der Waals surface area contributed by atoms with E-state index in [9.17, 15) is 4.79 Å². The third-order valence-electron chi connectivity index (χ3n) is 3.04. The summed E-state index contributed by atoms with van der Waals surface area (Å²) < 4.78 is 7.22. The number of aromatic nitrogens is 4. The summed E-state index contributed by atoms with van der Waals surface area (Å²) in [7, 11) is 1.47. The Morgan fingerprint density at radius 1 is 1.39 bits per heavy atom. The minimum absolute atomic E-state index is 0.248. The summed E-state index contributed by atoms with van der Waals surface area (Å²) >= 11 is 0. The molecule has 0 saturated carbocycles. The number of nitrogens with zero attached hydrogens (tertiary/aromatic N) is 4. The molecule has 0 unspecified atom stereocenters. The molecule has 0 spiro atoms. The second kappa shape index (κ2) is 4.17. The number of anilines is 1. The van der Waals surface area contributed by atoms with Crippen molar-refractivity contribution in [1.82, 2.24) is 19.5 Å². The van der Waals surface area contributed by atoms with Gasteiger partial charge in [-0.2, -0.15) is 0 Å². The molecule has 1 aliphatic rings. The molecule has 0 bridgehead atoms. The highest BCUT2D eigenvalue weighted by Gasteiger charge is 2.22. The fourth-order valence-electron chi connectivity index (χ4n) is 2.14. The van der Waals surface area contributed by atoms with Crippen LogP contribution in [0.5, 0.6) is 5.75 Å². The minimum atomic E-state index is -0.267. The lowest BCUT2D eigenvalue weighted by atomic mass is 10.3. The van der Waals surface area contributed by atoms with E-state index in [0.717, 1.165) is 18.9 Å². The van der Waals surface area contributed by atoms with Gasteiger partial charge in [-0.3, -0.25) is 4.79 Å². The maximum Gasteiger partial charge on any atom is 0.295 e. The van der Waals surface area contributed by atoms with Gasteiger partial charge in [0, 0.05) is 25.5 Å². The maximum atomic E-state index is 11.6.